The highest BCUT2D eigenvalue weighted by molar-refractivity contribution is 5.83. The van der Waals surface area contributed by atoms with Crippen LogP contribution in [-0.2, 0) is 14.3 Å². The summed E-state index contributed by atoms with van der Waals surface area (Å²) in [6.07, 6.45) is 1.49. The molecule has 0 radical (unpaired) electrons. The van der Waals surface area contributed by atoms with Crippen molar-refractivity contribution in [3.8, 4) is 0 Å². The number of hydrogen-bond acceptors (Lipinski definition) is 4. The molecule has 0 aromatic heterocycles. The van der Waals surface area contributed by atoms with Crippen molar-refractivity contribution in [2.75, 3.05) is 26.7 Å². The van der Waals surface area contributed by atoms with Crippen molar-refractivity contribution in [2.24, 2.45) is 5.41 Å². The van der Waals surface area contributed by atoms with Crippen molar-refractivity contribution >= 4 is 11.9 Å². The second-order valence-electron chi connectivity index (χ2n) is 5.04. The third-order valence-corrected chi connectivity index (χ3v) is 3.66. The maximum atomic E-state index is 11.8. The summed E-state index contributed by atoms with van der Waals surface area (Å²) in [6.45, 7) is 7.51. The Hall–Kier alpha value is -1.10. The lowest BCUT2D eigenvalue weighted by atomic mass is 9.89. The molecule has 0 saturated carbocycles. The number of amides is 1. The predicted molar refractivity (Wildman–Crippen MR) is 69.1 cm³/mol. The average molecular weight is 256 g/mol. The zero-order chi connectivity index (χ0) is 13.8. The van der Waals surface area contributed by atoms with Crippen molar-refractivity contribution in [3.05, 3.63) is 0 Å². The number of esters is 1. The Morgan fingerprint density at radius 1 is 1.44 bits per heavy atom. The Kier molecular flexibility index (Phi) is 5.14. The van der Waals surface area contributed by atoms with Gasteiger partial charge in [-0.15, -0.1) is 0 Å². The van der Waals surface area contributed by atoms with Crippen LogP contribution in [0.4, 0.5) is 0 Å². The van der Waals surface area contributed by atoms with Crippen molar-refractivity contribution in [2.45, 2.75) is 39.7 Å². The summed E-state index contributed by atoms with van der Waals surface area (Å²) in [4.78, 5) is 25.7. The summed E-state index contributed by atoms with van der Waals surface area (Å²) in [6, 6.07) is -0.226. The molecule has 5 heteroatoms. The smallest absolute Gasteiger partial charge is 0.323 e. The van der Waals surface area contributed by atoms with E-state index in [4.69, 9.17) is 4.74 Å². The molecular formula is C13H24N2O3. The highest BCUT2D eigenvalue weighted by atomic mass is 16.5. The van der Waals surface area contributed by atoms with Gasteiger partial charge >= 0.3 is 5.97 Å². The van der Waals surface area contributed by atoms with E-state index in [1.165, 1.54) is 0 Å². The van der Waals surface area contributed by atoms with E-state index in [9.17, 15) is 9.59 Å². The molecule has 0 spiro atoms. The fourth-order valence-electron chi connectivity index (χ4n) is 2.56. The van der Waals surface area contributed by atoms with Crippen molar-refractivity contribution in [1.82, 2.24) is 10.2 Å². The molecule has 1 saturated heterocycles. The topological polar surface area (TPSA) is 58.6 Å². The molecule has 104 valence electrons. The first kappa shape index (κ1) is 15.0. The van der Waals surface area contributed by atoms with E-state index < -0.39 is 5.41 Å². The first-order valence-electron chi connectivity index (χ1n) is 6.61. The number of ether oxygens (including phenoxy) is 1. The second kappa shape index (κ2) is 6.18. The molecule has 2 atom stereocenters. The van der Waals surface area contributed by atoms with Gasteiger partial charge in [0.2, 0.25) is 5.91 Å². The summed E-state index contributed by atoms with van der Waals surface area (Å²) >= 11 is 0. The van der Waals surface area contributed by atoms with E-state index in [1.807, 2.05) is 20.8 Å². The summed E-state index contributed by atoms with van der Waals surface area (Å²) in [5, 5.41) is 2.70. The SMILES string of the molecule is CCOC(=O)C(CC)N1CCC(C)(C(=O)NC)C1. The average Bonchev–Trinajstić information content (AvgIpc) is 2.73. The molecule has 2 unspecified atom stereocenters. The quantitative estimate of drug-likeness (QED) is 0.739. The molecule has 5 nitrogen and oxygen atoms in total. The van der Waals surface area contributed by atoms with Gasteiger partial charge in [0.25, 0.3) is 0 Å². The van der Waals surface area contributed by atoms with Crippen LogP contribution in [0.2, 0.25) is 0 Å². The van der Waals surface area contributed by atoms with Crippen molar-refractivity contribution in [1.29, 1.82) is 0 Å². The summed E-state index contributed by atoms with van der Waals surface area (Å²) in [5.41, 5.74) is -0.394. The molecule has 1 N–H and O–H groups in total. The Labute approximate surface area is 109 Å². The molecule has 1 heterocycles. The van der Waals surface area contributed by atoms with Crippen LogP contribution in [-0.4, -0.2) is 49.6 Å². The standard InChI is InChI=1S/C13H24N2O3/c1-5-10(11(16)18-6-2)15-8-7-13(3,9-15)12(17)14-4/h10H,5-9H2,1-4H3,(H,14,17). The number of likely N-dealkylation sites (tertiary alicyclic amines) is 1. The van der Waals surface area contributed by atoms with E-state index in [0.717, 1.165) is 13.0 Å². The van der Waals surface area contributed by atoms with Gasteiger partial charge < -0.3 is 10.1 Å². The summed E-state index contributed by atoms with van der Waals surface area (Å²) in [7, 11) is 1.65. The van der Waals surface area contributed by atoms with E-state index in [1.54, 1.807) is 7.05 Å². The maximum absolute atomic E-state index is 11.8. The van der Waals surface area contributed by atoms with E-state index >= 15 is 0 Å². The minimum atomic E-state index is -0.394. The van der Waals surface area contributed by atoms with Crippen LogP contribution < -0.4 is 5.32 Å². The zero-order valence-corrected chi connectivity index (χ0v) is 11.8. The van der Waals surface area contributed by atoms with Crippen molar-refractivity contribution < 1.29 is 14.3 Å². The molecule has 0 aromatic rings. The van der Waals surface area contributed by atoms with Crippen LogP contribution in [0.1, 0.15) is 33.6 Å². The van der Waals surface area contributed by atoms with Crippen LogP contribution in [0.5, 0.6) is 0 Å². The first-order chi connectivity index (χ1) is 8.48. The molecular weight excluding hydrogens is 232 g/mol. The summed E-state index contributed by atoms with van der Waals surface area (Å²) in [5.74, 6) is -0.134. The Bertz CT molecular complexity index is 319. The molecule has 0 bridgehead atoms. The van der Waals surface area contributed by atoms with Gasteiger partial charge in [-0.05, 0) is 26.7 Å². The third-order valence-electron chi connectivity index (χ3n) is 3.66. The van der Waals surface area contributed by atoms with E-state index in [-0.39, 0.29) is 17.9 Å². The van der Waals surface area contributed by atoms with Gasteiger partial charge in [-0.2, -0.15) is 0 Å². The van der Waals surface area contributed by atoms with Gasteiger partial charge in [0.15, 0.2) is 0 Å². The number of nitrogens with zero attached hydrogens (tertiary/aromatic N) is 1. The molecule has 1 aliphatic heterocycles. The van der Waals surface area contributed by atoms with Gasteiger partial charge in [-0.25, -0.2) is 0 Å². The lowest BCUT2D eigenvalue weighted by molar-refractivity contribution is -0.149. The fourth-order valence-corrected chi connectivity index (χ4v) is 2.56. The molecule has 18 heavy (non-hydrogen) atoms. The van der Waals surface area contributed by atoms with Crippen LogP contribution in [0, 0.1) is 5.41 Å². The van der Waals surface area contributed by atoms with Gasteiger partial charge in [0, 0.05) is 20.1 Å². The second-order valence-corrected chi connectivity index (χ2v) is 5.04. The number of rotatable bonds is 5. The molecule has 1 aliphatic rings. The van der Waals surface area contributed by atoms with E-state index in [0.29, 0.717) is 19.6 Å². The lowest BCUT2D eigenvalue weighted by Crippen LogP contribution is -2.44. The predicted octanol–water partition coefficient (Wildman–Crippen LogP) is 0.786. The van der Waals surface area contributed by atoms with E-state index in [2.05, 4.69) is 10.2 Å². The van der Waals surface area contributed by atoms with Crippen LogP contribution in [0.3, 0.4) is 0 Å². The number of carbonyl (C=O) groups excluding carboxylic acids is 2. The largest absolute Gasteiger partial charge is 0.465 e. The molecule has 1 rings (SSSR count). The van der Waals surface area contributed by atoms with Gasteiger partial charge in [-0.1, -0.05) is 6.92 Å². The molecule has 1 amide bonds. The minimum absolute atomic E-state index is 0.0451. The lowest BCUT2D eigenvalue weighted by Gasteiger charge is -2.27. The normalized spacial score (nSPS) is 25.8. The monoisotopic (exact) mass is 256 g/mol. The fraction of sp³-hybridized carbons (Fsp3) is 0.846. The number of hydrogen-bond donors (Lipinski definition) is 1. The first-order valence-corrected chi connectivity index (χ1v) is 6.61. The van der Waals surface area contributed by atoms with Crippen LogP contribution >= 0.6 is 0 Å². The molecule has 0 aromatic carbocycles. The highest BCUT2D eigenvalue weighted by Crippen LogP contribution is 2.32. The Balaban J connectivity index is 2.69. The number of carbonyl (C=O) groups is 2. The van der Waals surface area contributed by atoms with Crippen LogP contribution in [0.25, 0.3) is 0 Å². The van der Waals surface area contributed by atoms with Crippen molar-refractivity contribution in [3.63, 3.8) is 0 Å². The minimum Gasteiger partial charge on any atom is -0.465 e. The third kappa shape index (κ3) is 3.02. The highest BCUT2D eigenvalue weighted by Gasteiger charge is 2.43. The zero-order valence-electron chi connectivity index (χ0n) is 11.8. The molecule has 0 aliphatic carbocycles. The van der Waals surface area contributed by atoms with Gasteiger partial charge in [0.1, 0.15) is 6.04 Å². The van der Waals surface area contributed by atoms with Gasteiger partial charge in [0.05, 0.1) is 12.0 Å². The Morgan fingerprint density at radius 2 is 2.11 bits per heavy atom. The number of nitrogens with one attached hydrogen (secondary N) is 1. The summed E-state index contributed by atoms with van der Waals surface area (Å²) < 4.78 is 5.08. The van der Waals surface area contributed by atoms with Gasteiger partial charge in [-0.3, -0.25) is 14.5 Å². The molecule has 1 fully saturated rings. The van der Waals surface area contributed by atoms with Crippen LogP contribution in [0.15, 0.2) is 0 Å². The Morgan fingerprint density at radius 3 is 2.61 bits per heavy atom. The maximum Gasteiger partial charge on any atom is 0.323 e.